The minimum Gasteiger partial charge on any atom is -0.497 e. The minimum absolute atomic E-state index is 0.772. The molecule has 4 heteroatoms. The van der Waals surface area contributed by atoms with Crippen LogP contribution in [0.3, 0.4) is 0 Å². The third-order valence-corrected chi connectivity index (χ3v) is 5.40. The molecule has 2 heterocycles. The number of ether oxygens (including phenoxy) is 1. The molecular formula is C19H31N3O. The Kier molecular flexibility index (Phi) is 5.92. The standard InChI is InChI=1S/C19H31N3O/c1-20-9-4-3-7-18(20)16-22-12-10-21(11-13-22)15-17-6-5-8-19(14-17)23-2/h5-6,8,14,18H,3-4,7,9-13,15-16H2,1-2H3. The second-order valence-corrected chi connectivity index (χ2v) is 7.06. The summed E-state index contributed by atoms with van der Waals surface area (Å²) in [6.45, 7) is 8.32. The highest BCUT2D eigenvalue weighted by atomic mass is 16.5. The monoisotopic (exact) mass is 317 g/mol. The van der Waals surface area contributed by atoms with Gasteiger partial charge in [0.15, 0.2) is 0 Å². The average molecular weight is 317 g/mol. The summed E-state index contributed by atoms with van der Waals surface area (Å²) < 4.78 is 5.32. The second kappa shape index (κ2) is 8.13. The molecule has 2 fully saturated rings. The first-order valence-electron chi connectivity index (χ1n) is 9.02. The number of likely N-dealkylation sites (N-methyl/N-ethyl adjacent to an activating group) is 1. The van der Waals surface area contributed by atoms with E-state index >= 15 is 0 Å². The van der Waals surface area contributed by atoms with Gasteiger partial charge < -0.3 is 9.64 Å². The topological polar surface area (TPSA) is 19.0 Å². The predicted octanol–water partition coefficient (Wildman–Crippen LogP) is 2.30. The van der Waals surface area contributed by atoms with Gasteiger partial charge >= 0.3 is 0 Å². The molecule has 0 N–H and O–H groups in total. The van der Waals surface area contributed by atoms with Gasteiger partial charge in [-0.25, -0.2) is 0 Å². The van der Waals surface area contributed by atoms with Gasteiger partial charge in [-0.1, -0.05) is 18.6 Å². The van der Waals surface area contributed by atoms with Gasteiger partial charge in [-0.2, -0.15) is 0 Å². The smallest absolute Gasteiger partial charge is 0.119 e. The van der Waals surface area contributed by atoms with Crippen molar-refractivity contribution in [1.29, 1.82) is 0 Å². The van der Waals surface area contributed by atoms with Gasteiger partial charge in [0, 0.05) is 45.3 Å². The largest absolute Gasteiger partial charge is 0.497 e. The van der Waals surface area contributed by atoms with Gasteiger partial charge in [0.05, 0.1) is 7.11 Å². The molecule has 23 heavy (non-hydrogen) atoms. The Labute approximate surface area is 141 Å². The summed E-state index contributed by atoms with van der Waals surface area (Å²) in [6, 6.07) is 9.23. The zero-order valence-electron chi connectivity index (χ0n) is 14.7. The average Bonchev–Trinajstić information content (AvgIpc) is 2.59. The van der Waals surface area contributed by atoms with E-state index < -0.39 is 0 Å². The first-order valence-corrected chi connectivity index (χ1v) is 9.02. The van der Waals surface area contributed by atoms with E-state index in [0.717, 1.165) is 18.3 Å². The van der Waals surface area contributed by atoms with Crippen molar-refractivity contribution in [2.45, 2.75) is 31.8 Å². The van der Waals surface area contributed by atoms with Crippen molar-refractivity contribution < 1.29 is 4.74 Å². The van der Waals surface area contributed by atoms with Crippen LogP contribution in [0.15, 0.2) is 24.3 Å². The molecule has 0 bridgehead atoms. The molecular weight excluding hydrogens is 286 g/mol. The third-order valence-electron chi connectivity index (χ3n) is 5.40. The molecule has 0 saturated carbocycles. The van der Waals surface area contributed by atoms with Gasteiger partial charge in [0.25, 0.3) is 0 Å². The lowest BCUT2D eigenvalue weighted by Gasteiger charge is -2.40. The van der Waals surface area contributed by atoms with Crippen LogP contribution in [0.1, 0.15) is 24.8 Å². The van der Waals surface area contributed by atoms with E-state index in [0.29, 0.717) is 0 Å². The lowest BCUT2D eigenvalue weighted by Crippen LogP contribution is -2.51. The highest BCUT2D eigenvalue weighted by Crippen LogP contribution is 2.18. The van der Waals surface area contributed by atoms with Crippen molar-refractivity contribution in [2.75, 3.05) is 53.4 Å². The molecule has 0 radical (unpaired) electrons. The Morgan fingerprint density at radius 2 is 1.83 bits per heavy atom. The lowest BCUT2D eigenvalue weighted by atomic mass is 10.0. The summed E-state index contributed by atoms with van der Waals surface area (Å²) in [5.74, 6) is 0.960. The summed E-state index contributed by atoms with van der Waals surface area (Å²) in [7, 11) is 4.03. The summed E-state index contributed by atoms with van der Waals surface area (Å²) in [4.78, 5) is 7.79. The molecule has 0 aromatic heterocycles. The fraction of sp³-hybridized carbons (Fsp3) is 0.684. The van der Waals surface area contributed by atoms with Crippen molar-refractivity contribution in [3.63, 3.8) is 0 Å². The molecule has 0 spiro atoms. The number of nitrogens with zero attached hydrogens (tertiary/aromatic N) is 3. The summed E-state index contributed by atoms with van der Waals surface area (Å²) in [5.41, 5.74) is 1.35. The SMILES string of the molecule is COc1cccc(CN2CCN(CC3CCCCN3C)CC2)c1. The van der Waals surface area contributed by atoms with Crippen LogP contribution >= 0.6 is 0 Å². The second-order valence-electron chi connectivity index (χ2n) is 7.06. The Hall–Kier alpha value is -1.10. The maximum absolute atomic E-state index is 5.32. The van der Waals surface area contributed by atoms with Crippen LogP contribution in [0.5, 0.6) is 5.75 Å². The maximum Gasteiger partial charge on any atom is 0.119 e. The zero-order valence-corrected chi connectivity index (χ0v) is 14.7. The molecule has 1 aromatic rings. The van der Waals surface area contributed by atoms with E-state index in [4.69, 9.17) is 4.74 Å². The zero-order chi connectivity index (χ0) is 16.1. The number of methoxy groups -OCH3 is 1. The van der Waals surface area contributed by atoms with Crippen LogP contribution in [0.2, 0.25) is 0 Å². The van der Waals surface area contributed by atoms with Gasteiger partial charge in [0.1, 0.15) is 5.75 Å². The van der Waals surface area contributed by atoms with Crippen LogP contribution < -0.4 is 4.74 Å². The number of hydrogen-bond donors (Lipinski definition) is 0. The summed E-state index contributed by atoms with van der Waals surface area (Å²) in [5, 5.41) is 0. The molecule has 1 aromatic carbocycles. The number of rotatable bonds is 5. The van der Waals surface area contributed by atoms with Crippen LogP contribution in [0.25, 0.3) is 0 Å². The first kappa shape index (κ1) is 16.7. The molecule has 4 nitrogen and oxygen atoms in total. The maximum atomic E-state index is 5.32. The van der Waals surface area contributed by atoms with Crippen LogP contribution in [-0.4, -0.2) is 74.2 Å². The molecule has 1 atom stereocenters. The third kappa shape index (κ3) is 4.69. The minimum atomic E-state index is 0.772. The van der Waals surface area contributed by atoms with Crippen LogP contribution in [0, 0.1) is 0 Å². The van der Waals surface area contributed by atoms with Crippen molar-refractivity contribution in [2.24, 2.45) is 0 Å². The normalized spacial score (nSPS) is 24.7. The number of piperazine rings is 1. The van der Waals surface area contributed by atoms with Crippen LogP contribution in [0.4, 0.5) is 0 Å². The molecule has 3 rings (SSSR count). The number of likely N-dealkylation sites (tertiary alicyclic amines) is 1. The quantitative estimate of drug-likeness (QED) is 0.829. The molecule has 2 saturated heterocycles. The van der Waals surface area contributed by atoms with Crippen molar-refractivity contribution in [3.8, 4) is 5.75 Å². The van der Waals surface area contributed by atoms with E-state index in [-0.39, 0.29) is 0 Å². The highest BCUT2D eigenvalue weighted by molar-refractivity contribution is 5.28. The van der Waals surface area contributed by atoms with Crippen molar-refractivity contribution in [3.05, 3.63) is 29.8 Å². The molecule has 0 aliphatic carbocycles. The van der Waals surface area contributed by atoms with Gasteiger partial charge in [-0.05, 0) is 44.1 Å². The molecule has 2 aliphatic rings. The van der Waals surface area contributed by atoms with E-state index in [1.54, 1.807) is 7.11 Å². The van der Waals surface area contributed by atoms with Crippen LogP contribution in [-0.2, 0) is 6.54 Å². The number of piperidine rings is 1. The van der Waals surface area contributed by atoms with E-state index in [1.807, 2.05) is 6.07 Å². The van der Waals surface area contributed by atoms with E-state index in [2.05, 4.69) is 39.9 Å². The Bertz CT molecular complexity index is 485. The highest BCUT2D eigenvalue weighted by Gasteiger charge is 2.24. The van der Waals surface area contributed by atoms with Crippen molar-refractivity contribution in [1.82, 2.24) is 14.7 Å². The van der Waals surface area contributed by atoms with E-state index in [1.165, 1.54) is 64.1 Å². The first-order chi connectivity index (χ1) is 11.2. The van der Waals surface area contributed by atoms with E-state index in [9.17, 15) is 0 Å². The number of benzene rings is 1. The van der Waals surface area contributed by atoms with Gasteiger partial charge in [0.2, 0.25) is 0 Å². The Morgan fingerprint density at radius 1 is 1.04 bits per heavy atom. The molecule has 128 valence electrons. The van der Waals surface area contributed by atoms with Gasteiger partial charge in [-0.15, -0.1) is 0 Å². The fourth-order valence-corrected chi connectivity index (χ4v) is 3.83. The molecule has 1 unspecified atom stereocenters. The Morgan fingerprint density at radius 3 is 2.57 bits per heavy atom. The van der Waals surface area contributed by atoms with Gasteiger partial charge in [-0.3, -0.25) is 9.80 Å². The fourth-order valence-electron chi connectivity index (χ4n) is 3.83. The molecule has 2 aliphatic heterocycles. The van der Waals surface area contributed by atoms with Crippen molar-refractivity contribution >= 4 is 0 Å². The Balaban J connectivity index is 1.44. The number of hydrogen-bond acceptors (Lipinski definition) is 4. The summed E-state index contributed by atoms with van der Waals surface area (Å²) in [6.07, 6.45) is 4.16. The predicted molar refractivity (Wildman–Crippen MR) is 95.0 cm³/mol. The summed E-state index contributed by atoms with van der Waals surface area (Å²) >= 11 is 0. The lowest BCUT2D eigenvalue weighted by molar-refractivity contribution is 0.0817. The molecule has 0 amide bonds.